The number of halogens is 1. The van der Waals surface area contributed by atoms with Crippen LogP contribution in [0.5, 0.6) is 0 Å². The number of nitrogens with zero attached hydrogens (tertiary/aromatic N) is 1. The third-order valence-corrected chi connectivity index (χ3v) is 3.99. The summed E-state index contributed by atoms with van der Waals surface area (Å²) >= 11 is 5.03. The lowest BCUT2D eigenvalue weighted by Gasteiger charge is -2.04. The van der Waals surface area contributed by atoms with Gasteiger partial charge >= 0.3 is 0 Å². The average molecular weight is 340 g/mol. The summed E-state index contributed by atoms with van der Waals surface area (Å²) in [5, 5.41) is 0. The Labute approximate surface area is 124 Å². The van der Waals surface area contributed by atoms with Gasteiger partial charge in [0.05, 0.1) is 5.75 Å². The van der Waals surface area contributed by atoms with Crippen LogP contribution in [0.2, 0.25) is 0 Å². The maximum absolute atomic E-state index is 11.5. The molecule has 0 fully saturated rings. The summed E-state index contributed by atoms with van der Waals surface area (Å²) in [6, 6.07) is 9.53. The van der Waals surface area contributed by atoms with Crippen LogP contribution in [0.1, 0.15) is 11.5 Å². The summed E-state index contributed by atoms with van der Waals surface area (Å²) in [5.74, 6) is 1.32. The third-order valence-electron chi connectivity index (χ3n) is 2.43. The highest BCUT2D eigenvalue weighted by atomic mass is 79.9. The molecule has 2 rings (SSSR count). The third kappa shape index (κ3) is 4.49. The van der Waals surface area contributed by atoms with Crippen LogP contribution in [0.25, 0.3) is 0 Å². The molecule has 0 bridgehead atoms. The molecule has 19 heavy (non-hydrogen) atoms. The van der Waals surface area contributed by atoms with E-state index in [-0.39, 0.29) is 5.56 Å². The molecule has 0 radical (unpaired) electrons. The number of nitrogens with two attached hydrogens (primary N) is 1. The zero-order valence-corrected chi connectivity index (χ0v) is 12.6. The summed E-state index contributed by atoms with van der Waals surface area (Å²) in [6.07, 6.45) is 0.625. The fraction of sp³-hybridized carbons (Fsp3) is 0.231. The van der Waals surface area contributed by atoms with E-state index in [0.717, 1.165) is 15.1 Å². The number of hydrogen-bond acceptors (Lipinski definition) is 4. The molecule has 1 aromatic carbocycles. The molecule has 0 aliphatic heterocycles. The van der Waals surface area contributed by atoms with Gasteiger partial charge in [0.1, 0.15) is 5.82 Å². The van der Waals surface area contributed by atoms with Crippen molar-refractivity contribution in [3.8, 4) is 0 Å². The highest BCUT2D eigenvalue weighted by Crippen LogP contribution is 2.22. The lowest BCUT2D eigenvalue weighted by Crippen LogP contribution is -2.14. The summed E-state index contributed by atoms with van der Waals surface area (Å²) in [5.41, 5.74) is 6.11. The summed E-state index contributed by atoms with van der Waals surface area (Å²) in [4.78, 5) is 19.8. The van der Waals surface area contributed by atoms with Crippen LogP contribution in [0, 0.1) is 0 Å². The van der Waals surface area contributed by atoms with Crippen molar-refractivity contribution in [2.45, 2.75) is 17.1 Å². The van der Waals surface area contributed by atoms with Crippen molar-refractivity contribution in [3.05, 3.63) is 56.7 Å². The van der Waals surface area contributed by atoms with Crippen molar-refractivity contribution < 1.29 is 0 Å². The molecule has 0 amide bonds. The van der Waals surface area contributed by atoms with Gasteiger partial charge in [0.15, 0.2) is 0 Å². The van der Waals surface area contributed by atoms with Crippen LogP contribution < -0.4 is 11.3 Å². The van der Waals surface area contributed by atoms with Crippen molar-refractivity contribution in [2.24, 2.45) is 5.73 Å². The molecular formula is C13H14BrN3OS. The van der Waals surface area contributed by atoms with Gasteiger partial charge in [-0.25, -0.2) is 4.98 Å². The Morgan fingerprint density at radius 3 is 2.74 bits per heavy atom. The predicted molar refractivity (Wildman–Crippen MR) is 81.3 cm³/mol. The molecule has 0 saturated carbocycles. The number of H-pyrrole nitrogens is 1. The van der Waals surface area contributed by atoms with E-state index >= 15 is 0 Å². The normalized spacial score (nSPS) is 10.6. The summed E-state index contributed by atoms with van der Waals surface area (Å²) in [7, 11) is 0. The maximum Gasteiger partial charge on any atom is 0.251 e. The van der Waals surface area contributed by atoms with Gasteiger partial charge in [-0.05, 0) is 30.8 Å². The van der Waals surface area contributed by atoms with Gasteiger partial charge in [-0.2, -0.15) is 0 Å². The molecule has 3 N–H and O–H groups in total. The summed E-state index contributed by atoms with van der Waals surface area (Å²) < 4.78 is 1.05. The zero-order valence-electron chi connectivity index (χ0n) is 10.2. The minimum absolute atomic E-state index is 0.121. The molecule has 0 saturated heterocycles. The molecule has 0 atom stereocenters. The Bertz CT molecular complexity index is 598. The van der Waals surface area contributed by atoms with Crippen molar-refractivity contribution >= 4 is 27.7 Å². The quantitative estimate of drug-likeness (QED) is 0.820. The topological polar surface area (TPSA) is 71.8 Å². The molecule has 6 heteroatoms. The fourth-order valence-corrected chi connectivity index (χ4v) is 2.62. The van der Waals surface area contributed by atoms with Gasteiger partial charge in [0, 0.05) is 27.5 Å². The number of aromatic amines is 1. The van der Waals surface area contributed by atoms with E-state index in [1.807, 2.05) is 24.3 Å². The molecule has 0 aliphatic carbocycles. The Hall–Kier alpha value is -1.11. The SMILES string of the molecule is NCCc1cc(=O)[nH]c(CSc2ccc(Br)cc2)n1. The highest BCUT2D eigenvalue weighted by molar-refractivity contribution is 9.10. The number of hydrogen-bond donors (Lipinski definition) is 2. The second kappa shape index (κ2) is 6.88. The minimum Gasteiger partial charge on any atom is -0.330 e. The first-order chi connectivity index (χ1) is 9.17. The fourth-order valence-electron chi connectivity index (χ4n) is 1.59. The largest absolute Gasteiger partial charge is 0.330 e. The smallest absolute Gasteiger partial charge is 0.251 e. The Kier molecular flexibility index (Phi) is 5.18. The van der Waals surface area contributed by atoms with E-state index < -0.39 is 0 Å². The van der Waals surface area contributed by atoms with Gasteiger partial charge in [-0.15, -0.1) is 11.8 Å². The Balaban J connectivity index is 2.06. The Morgan fingerprint density at radius 1 is 1.32 bits per heavy atom. The predicted octanol–water partition coefficient (Wildman–Crippen LogP) is 2.33. The molecule has 0 aliphatic rings. The number of rotatable bonds is 5. The van der Waals surface area contributed by atoms with Gasteiger partial charge in [-0.1, -0.05) is 15.9 Å². The molecule has 0 unspecified atom stereocenters. The first-order valence-corrected chi connectivity index (χ1v) is 7.63. The van der Waals surface area contributed by atoms with E-state index in [1.165, 1.54) is 6.07 Å². The van der Waals surface area contributed by atoms with Crippen LogP contribution in [0.15, 0.2) is 44.5 Å². The van der Waals surface area contributed by atoms with Crippen LogP contribution in [0.4, 0.5) is 0 Å². The first-order valence-electron chi connectivity index (χ1n) is 5.85. The monoisotopic (exact) mass is 339 g/mol. The molecule has 100 valence electrons. The second-order valence-corrected chi connectivity index (χ2v) is 5.93. The minimum atomic E-state index is -0.121. The van der Waals surface area contributed by atoms with Crippen LogP contribution in [0.3, 0.4) is 0 Å². The number of aromatic nitrogens is 2. The number of benzene rings is 1. The average Bonchev–Trinajstić information content (AvgIpc) is 2.38. The van der Waals surface area contributed by atoms with Gasteiger partial charge in [0.25, 0.3) is 5.56 Å². The van der Waals surface area contributed by atoms with E-state index in [0.29, 0.717) is 24.5 Å². The maximum atomic E-state index is 11.5. The van der Waals surface area contributed by atoms with Gasteiger partial charge < -0.3 is 10.7 Å². The first kappa shape index (κ1) is 14.3. The van der Waals surface area contributed by atoms with Crippen LogP contribution >= 0.6 is 27.7 Å². The summed E-state index contributed by atoms with van der Waals surface area (Å²) in [6.45, 7) is 0.496. The molecular weight excluding hydrogens is 326 g/mol. The van der Waals surface area contributed by atoms with Crippen molar-refractivity contribution in [3.63, 3.8) is 0 Å². The lowest BCUT2D eigenvalue weighted by atomic mass is 10.3. The lowest BCUT2D eigenvalue weighted by molar-refractivity contribution is 0.872. The van der Waals surface area contributed by atoms with Gasteiger partial charge in [0.2, 0.25) is 0 Å². The molecule has 2 aromatic rings. The molecule has 1 aromatic heterocycles. The second-order valence-electron chi connectivity index (χ2n) is 3.96. The van der Waals surface area contributed by atoms with Crippen LogP contribution in [-0.2, 0) is 12.2 Å². The van der Waals surface area contributed by atoms with E-state index in [4.69, 9.17) is 5.73 Å². The molecule has 4 nitrogen and oxygen atoms in total. The highest BCUT2D eigenvalue weighted by Gasteiger charge is 2.02. The molecule has 1 heterocycles. The van der Waals surface area contributed by atoms with Crippen molar-refractivity contribution in [2.75, 3.05) is 6.54 Å². The van der Waals surface area contributed by atoms with Crippen LogP contribution in [-0.4, -0.2) is 16.5 Å². The van der Waals surface area contributed by atoms with Gasteiger partial charge in [-0.3, -0.25) is 4.79 Å². The van der Waals surface area contributed by atoms with E-state index in [2.05, 4.69) is 25.9 Å². The number of nitrogens with one attached hydrogen (secondary N) is 1. The van der Waals surface area contributed by atoms with E-state index in [1.54, 1.807) is 11.8 Å². The van der Waals surface area contributed by atoms with E-state index in [9.17, 15) is 4.79 Å². The standard InChI is InChI=1S/C13H14BrN3OS/c14-9-1-3-11(4-2-9)19-8-12-16-10(5-6-15)7-13(18)17-12/h1-4,7H,5-6,8,15H2,(H,16,17,18). The van der Waals surface area contributed by atoms with Crippen molar-refractivity contribution in [1.29, 1.82) is 0 Å². The Morgan fingerprint density at radius 2 is 2.05 bits per heavy atom. The van der Waals surface area contributed by atoms with Crippen molar-refractivity contribution in [1.82, 2.24) is 9.97 Å². The molecule has 0 spiro atoms. The number of thioether (sulfide) groups is 1. The zero-order chi connectivity index (χ0) is 13.7.